The number of hydrogen-bond acceptors (Lipinski definition) is 6. The van der Waals surface area contributed by atoms with Crippen molar-refractivity contribution >= 4 is 5.97 Å². The number of aliphatic hydroxyl groups is 1. The van der Waals surface area contributed by atoms with Crippen LogP contribution >= 0.6 is 0 Å². The second-order valence-electron chi connectivity index (χ2n) is 13.2. The molecule has 0 aromatic heterocycles. The maximum absolute atomic E-state index is 12.0. The van der Waals surface area contributed by atoms with E-state index in [1.54, 1.807) is 0 Å². The lowest BCUT2D eigenvalue weighted by molar-refractivity contribution is -0.148. The van der Waals surface area contributed by atoms with Gasteiger partial charge in [-0.25, -0.2) is 0 Å². The van der Waals surface area contributed by atoms with Crippen LogP contribution in [0.2, 0.25) is 0 Å². The summed E-state index contributed by atoms with van der Waals surface area (Å²) < 4.78 is 17.7. The Labute approximate surface area is 298 Å². The third kappa shape index (κ3) is 35.8. The Morgan fingerprint density at radius 3 is 1.54 bits per heavy atom. The maximum Gasteiger partial charge on any atom is 0.305 e. The number of allylic oxidation sites excluding steroid dienone is 6. The number of rotatable bonds is 38. The van der Waals surface area contributed by atoms with Crippen LogP contribution in [0.1, 0.15) is 175 Å². The highest BCUT2D eigenvalue weighted by atomic mass is 16.7. The molecule has 0 aliphatic carbocycles. The number of carbonyl (C=O) groups is 1. The van der Waals surface area contributed by atoms with Gasteiger partial charge in [0.05, 0.1) is 13.2 Å². The molecule has 282 valence electrons. The highest BCUT2D eigenvalue weighted by Gasteiger charge is 2.10. The topological polar surface area (TPSA) is 68.2 Å². The quantitative estimate of drug-likeness (QED) is 0.0304. The number of carbonyl (C=O) groups excluding carboxylic acids is 1. The van der Waals surface area contributed by atoms with E-state index in [4.69, 9.17) is 14.2 Å². The molecule has 0 aromatic carbocycles. The van der Waals surface area contributed by atoms with Gasteiger partial charge in [-0.2, -0.15) is 0 Å². The van der Waals surface area contributed by atoms with Gasteiger partial charge in [0.1, 0.15) is 0 Å². The summed E-state index contributed by atoms with van der Waals surface area (Å²) in [6.45, 7) is 11.7. The molecule has 0 aromatic rings. The summed E-state index contributed by atoms with van der Waals surface area (Å²) in [5.41, 5.74) is 0. The van der Waals surface area contributed by atoms with Gasteiger partial charge < -0.3 is 24.2 Å². The molecule has 0 spiro atoms. The molecule has 0 aliphatic heterocycles. The minimum Gasteiger partial charge on any atom is -0.466 e. The van der Waals surface area contributed by atoms with E-state index in [2.05, 4.69) is 62.1 Å². The van der Waals surface area contributed by atoms with Crippen LogP contribution in [-0.2, 0) is 19.0 Å². The van der Waals surface area contributed by atoms with Crippen LogP contribution < -0.4 is 0 Å². The summed E-state index contributed by atoms with van der Waals surface area (Å²) in [6.07, 6.45) is 39.7. The van der Waals surface area contributed by atoms with Gasteiger partial charge >= 0.3 is 5.97 Å². The van der Waals surface area contributed by atoms with E-state index in [9.17, 15) is 9.90 Å². The summed E-state index contributed by atoms with van der Waals surface area (Å²) >= 11 is 0. The predicted octanol–water partition coefficient (Wildman–Crippen LogP) is 11.3. The Morgan fingerprint density at radius 1 is 0.542 bits per heavy atom. The van der Waals surface area contributed by atoms with E-state index in [1.165, 1.54) is 44.9 Å². The van der Waals surface area contributed by atoms with Crippen molar-refractivity contribution in [2.75, 3.05) is 46.1 Å². The molecule has 6 nitrogen and oxygen atoms in total. The van der Waals surface area contributed by atoms with Crippen LogP contribution in [0.5, 0.6) is 0 Å². The molecule has 0 amide bonds. The van der Waals surface area contributed by atoms with Crippen LogP contribution in [0.15, 0.2) is 36.5 Å². The largest absolute Gasteiger partial charge is 0.466 e. The first kappa shape index (κ1) is 46.5. The van der Waals surface area contributed by atoms with Crippen LogP contribution in [-0.4, -0.2) is 68.3 Å². The van der Waals surface area contributed by atoms with E-state index in [1.807, 2.05) is 0 Å². The van der Waals surface area contributed by atoms with Crippen molar-refractivity contribution in [1.29, 1.82) is 0 Å². The zero-order valence-corrected chi connectivity index (χ0v) is 32.0. The normalized spacial score (nSPS) is 12.2. The van der Waals surface area contributed by atoms with Gasteiger partial charge in [-0.3, -0.25) is 4.79 Å². The van der Waals surface area contributed by atoms with Crippen LogP contribution in [0.4, 0.5) is 0 Å². The second kappa shape index (κ2) is 40.0. The van der Waals surface area contributed by atoms with E-state index >= 15 is 0 Å². The number of esters is 1. The summed E-state index contributed by atoms with van der Waals surface area (Å²) in [6, 6.07) is 0. The maximum atomic E-state index is 12.0. The molecule has 0 radical (unpaired) electrons. The van der Waals surface area contributed by atoms with E-state index in [0.717, 1.165) is 136 Å². The van der Waals surface area contributed by atoms with Crippen molar-refractivity contribution in [2.24, 2.45) is 0 Å². The Kier molecular flexibility index (Phi) is 38.7. The molecule has 0 saturated carbocycles. The first-order chi connectivity index (χ1) is 23.7. The predicted molar refractivity (Wildman–Crippen MR) is 205 cm³/mol. The molecule has 48 heavy (non-hydrogen) atoms. The van der Waals surface area contributed by atoms with Crippen LogP contribution in [0.25, 0.3) is 0 Å². The van der Waals surface area contributed by atoms with E-state index < -0.39 is 0 Å². The van der Waals surface area contributed by atoms with Gasteiger partial charge in [-0.05, 0) is 129 Å². The van der Waals surface area contributed by atoms with Crippen molar-refractivity contribution in [3.63, 3.8) is 0 Å². The highest BCUT2D eigenvalue weighted by Crippen LogP contribution is 2.14. The van der Waals surface area contributed by atoms with Crippen molar-refractivity contribution in [1.82, 2.24) is 4.90 Å². The SMILES string of the molecule is CC/C=C\CCCCCOC(=O)CCCCCCN(CCO)CCCCCCCC(OCCCC/C=C\CC)OCCCC/C=C\CC. The van der Waals surface area contributed by atoms with E-state index in [-0.39, 0.29) is 18.9 Å². The lowest BCUT2D eigenvalue weighted by Crippen LogP contribution is -2.29. The van der Waals surface area contributed by atoms with Gasteiger partial charge in [0.2, 0.25) is 0 Å². The Bertz CT molecular complexity index is 714. The minimum atomic E-state index is -0.0685. The average Bonchev–Trinajstić information content (AvgIpc) is 3.09. The number of hydrogen-bond donors (Lipinski definition) is 1. The third-order valence-corrected chi connectivity index (χ3v) is 8.56. The van der Waals surface area contributed by atoms with Crippen molar-refractivity contribution < 1.29 is 24.1 Å². The lowest BCUT2D eigenvalue weighted by atomic mass is 10.1. The highest BCUT2D eigenvalue weighted by molar-refractivity contribution is 5.69. The third-order valence-electron chi connectivity index (χ3n) is 8.56. The van der Waals surface area contributed by atoms with Gasteiger partial charge in [-0.15, -0.1) is 0 Å². The fraction of sp³-hybridized carbons (Fsp3) is 0.833. The lowest BCUT2D eigenvalue weighted by Gasteiger charge is -2.21. The molecule has 0 unspecified atom stereocenters. The molecule has 0 heterocycles. The average molecular weight is 678 g/mol. The Morgan fingerprint density at radius 2 is 1.00 bits per heavy atom. The monoisotopic (exact) mass is 678 g/mol. The molecule has 6 heteroatoms. The first-order valence-corrected chi connectivity index (χ1v) is 20.3. The molecular formula is C42H79NO5. The number of ether oxygens (including phenoxy) is 3. The summed E-state index contributed by atoms with van der Waals surface area (Å²) in [5, 5.41) is 9.54. The first-order valence-electron chi connectivity index (χ1n) is 20.3. The fourth-order valence-corrected chi connectivity index (χ4v) is 5.64. The standard InChI is InChI=1S/C42H79NO5/c1-4-7-10-13-16-24-29-38-46-41(45)32-25-19-21-28-35-43(36-37-44)34-27-20-17-18-26-33-42(47-39-30-22-14-11-8-5-2)48-40-31-23-15-12-9-6-3/h7-12,42,44H,4-6,13-40H2,1-3H3/b10-7-,11-8-,12-9-. The smallest absolute Gasteiger partial charge is 0.305 e. The number of unbranched alkanes of at least 4 members (excludes halogenated alkanes) is 14. The fourth-order valence-electron chi connectivity index (χ4n) is 5.64. The van der Waals surface area contributed by atoms with Gasteiger partial charge in [0.25, 0.3) is 0 Å². The minimum absolute atomic E-state index is 0.0459. The number of aliphatic hydroxyl groups excluding tert-OH is 1. The Balaban J connectivity index is 4.00. The van der Waals surface area contributed by atoms with Crippen LogP contribution in [0, 0.1) is 0 Å². The van der Waals surface area contributed by atoms with Gasteiger partial charge in [-0.1, -0.05) is 89.3 Å². The van der Waals surface area contributed by atoms with Crippen molar-refractivity contribution in [3.8, 4) is 0 Å². The van der Waals surface area contributed by atoms with Crippen molar-refractivity contribution in [3.05, 3.63) is 36.5 Å². The molecule has 0 atom stereocenters. The zero-order chi connectivity index (χ0) is 35.0. The summed E-state index contributed by atoms with van der Waals surface area (Å²) in [5.74, 6) is -0.0459. The van der Waals surface area contributed by atoms with E-state index in [0.29, 0.717) is 13.0 Å². The Hall–Kier alpha value is -1.47. The zero-order valence-electron chi connectivity index (χ0n) is 32.0. The molecule has 0 rings (SSSR count). The molecule has 0 bridgehead atoms. The summed E-state index contributed by atoms with van der Waals surface area (Å²) in [4.78, 5) is 14.4. The molecule has 1 N–H and O–H groups in total. The van der Waals surface area contributed by atoms with Gasteiger partial charge in [0, 0.05) is 26.2 Å². The van der Waals surface area contributed by atoms with Crippen LogP contribution in [0.3, 0.4) is 0 Å². The second-order valence-corrected chi connectivity index (χ2v) is 13.2. The molecular weight excluding hydrogens is 598 g/mol. The molecule has 0 aliphatic rings. The molecule has 0 saturated heterocycles. The summed E-state index contributed by atoms with van der Waals surface area (Å²) in [7, 11) is 0. The number of nitrogens with zero attached hydrogens (tertiary/aromatic N) is 1. The van der Waals surface area contributed by atoms with Gasteiger partial charge in [0.15, 0.2) is 6.29 Å². The molecule has 0 fully saturated rings. The van der Waals surface area contributed by atoms with Crippen molar-refractivity contribution in [2.45, 2.75) is 181 Å².